The van der Waals surface area contributed by atoms with Gasteiger partial charge in [-0.3, -0.25) is 4.79 Å². The topological polar surface area (TPSA) is 64.7 Å². The maximum Gasteiger partial charge on any atom is 0.194 e. The van der Waals surface area contributed by atoms with Crippen LogP contribution in [-0.4, -0.2) is 4.69 Å². The Labute approximate surface area is 55.7 Å². The van der Waals surface area contributed by atoms with Gasteiger partial charge in [0.15, 0.2) is 16.8 Å². The van der Waals surface area contributed by atoms with Gasteiger partial charge in [0.05, 0.1) is 0 Å². The molecule has 0 unspecified atom stereocenters. The minimum atomic E-state index is -0.0208. The molecule has 0 rings (SSSR count). The van der Waals surface area contributed by atoms with Gasteiger partial charge in [0.1, 0.15) is 0 Å². The molecule has 0 amide bonds. The van der Waals surface area contributed by atoms with Crippen LogP contribution in [0.1, 0.15) is 6.92 Å². The van der Waals surface area contributed by atoms with E-state index in [0.29, 0.717) is 0 Å². The van der Waals surface area contributed by atoms with Crippen LogP contribution >= 0.6 is 15.9 Å². The van der Waals surface area contributed by atoms with E-state index < -0.39 is 0 Å². The molecule has 0 fully saturated rings. The summed E-state index contributed by atoms with van der Waals surface area (Å²) in [4.78, 5) is 9.36. The molecule has 0 aromatic carbocycles. The zero-order valence-corrected chi connectivity index (χ0v) is 5.77. The summed E-state index contributed by atoms with van der Waals surface area (Å²) >= 11 is 2.63. The van der Waals surface area contributed by atoms with E-state index in [1.165, 1.54) is 19.1 Å². The molecule has 0 aliphatic heterocycles. The van der Waals surface area contributed by atoms with Crippen molar-refractivity contribution in [2.75, 3.05) is 0 Å². The Bertz CT molecular complexity index is 125. The zero-order chi connectivity index (χ0) is 6.99. The van der Waals surface area contributed by atoms with Gasteiger partial charge in [0.25, 0.3) is 0 Å². The van der Waals surface area contributed by atoms with E-state index in [1.807, 2.05) is 0 Å². The Morgan fingerprint density at radius 2 is 1.62 bits per heavy atom. The van der Waals surface area contributed by atoms with Gasteiger partial charge in [-0.1, -0.05) is 0 Å². The maximum absolute atomic E-state index is 9.36. The van der Waals surface area contributed by atoms with E-state index in [1.54, 1.807) is 0 Å². The molecule has 0 bridgehead atoms. The number of carbonyl (C=O) groups is 1. The summed E-state index contributed by atoms with van der Waals surface area (Å²) in [6, 6.07) is 2.47. The fourth-order valence-electron chi connectivity index (χ4n) is 0. The van der Waals surface area contributed by atoms with Crippen LogP contribution < -0.4 is 0 Å². The molecule has 8 heavy (non-hydrogen) atoms. The minimum absolute atomic E-state index is 0.0208. The highest BCUT2D eigenvalue weighted by atomic mass is 79.9. The number of nitriles is 2. The molecule has 0 N–H and O–H groups in total. The molecular weight excluding hydrogens is 172 g/mol. The van der Waals surface area contributed by atoms with E-state index in [2.05, 4.69) is 15.9 Å². The predicted octanol–water partition coefficient (Wildman–Crippen LogP) is 0.961. The number of halogens is 1. The average Bonchev–Trinajstić information content (AvgIpc) is 1.65. The molecule has 3 nitrogen and oxygen atoms in total. The van der Waals surface area contributed by atoms with E-state index in [-0.39, 0.29) is 4.69 Å². The van der Waals surface area contributed by atoms with Gasteiger partial charge >= 0.3 is 0 Å². The molecule has 0 heterocycles. The molecule has 0 aromatic heterocycles. The molecule has 0 aliphatic carbocycles. The third-order valence-corrected chi connectivity index (χ3v) is 0.0500. The average molecular weight is 175 g/mol. The fraction of sp³-hybridized carbons (Fsp3) is 0.250. The van der Waals surface area contributed by atoms with Crippen LogP contribution in [-0.2, 0) is 4.79 Å². The SMILES string of the molecule is CC(=O)Br.N#CC#N. The second-order valence-corrected chi connectivity index (χ2v) is 1.81. The number of carbonyl (C=O) groups excluding carboxylic acids is 1. The number of rotatable bonds is 0. The molecule has 0 saturated heterocycles. The largest absolute Gasteiger partial charge is 0.287 e. The Morgan fingerprint density at radius 1 is 1.50 bits per heavy atom. The first-order valence-corrected chi connectivity index (χ1v) is 2.38. The number of hydrogen-bond acceptors (Lipinski definition) is 3. The summed E-state index contributed by atoms with van der Waals surface area (Å²) in [5.74, 6) is 0. The van der Waals surface area contributed by atoms with Gasteiger partial charge in [-0.25, -0.2) is 0 Å². The third-order valence-electron chi connectivity index (χ3n) is 0.0500. The van der Waals surface area contributed by atoms with Gasteiger partial charge < -0.3 is 0 Å². The molecule has 0 saturated carbocycles. The first kappa shape index (κ1) is 10.2. The van der Waals surface area contributed by atoms with Gasteiger partial charge in [0.2, 0.25) is 0 Å². The van der Waals surface area contributed by atoms with E-state index >= 15 is 0 Å². The Morgan fingerprint density at radius 3 is 1.62 bits per heavy atom. The van der Waals surface area contributed by atoms with Crippen molar-refractivity contribution in [3.8, 4) is 12.1 Å². The van der Waals surface area contributed by atoms with Gasteiger partial charge in [-0.2, -0.15) is 10.5 Å². The van der Waals surface area contributed by atoms with Crippen LogP contribution in [0.15, 0.2) is 0 Å². The van der Waals surface area contributed by atoms with Gasteiger partial charge in [0, 0.05) is 6.92 Å². The van der Waals surface area contributed by atoms with Gasteiger partial charge in [-0.05, 0) is 15.9 Å². The van der Waals surface area contributed by atoms with Crippen LogP contribution in [0.4, 0.5) is 0 Å². The van der Waals surface area contributed by atoms with Crippen molar-refractivity contribution >= 4 is 20.6 Å². The molecule has 0 atom stereocenters. The normalized spacial score (nSPS) is 4.50. The Balaban J connectivity index is 0. The van der Waals surface area contributed by atoms with E-state index in [0.717, 1.165) is 0 Å². The monoisotopic (exact) mass is 174 g/mol. The van der Waals surface area contributed by atoms with Crippen molar-refractivity contribution in [2.45, 2.75) is 6.92 Å². The van der Waals surface area contributed by atoms with Crippen molar-refractivity contribution < 1.29 is 4.79 Å². The first-order valence-electron chi connectivity index (χ1n) is 1.59. The smallest absolute Gasteiger partial charge is 0.194 e. The molecular formula is C4H3BrN2O. The quantitative estimate of drug-likeness (QED) is 0.515. The lowest BCUT2D eigenvalue weighted by atomic mass is 10.9. The van der Waals surface area contributed by atoms with Crippen LogP contribution in [0.5, 0.6) is 0 Å². The Kier molecular flexibility index (Phi) is 12.0. The summed E-state index contributed by atoms with van der Waals surface area (Å²) < 4.78 is -0.0208. The van der Waals surface area contributed by atoms with Crippen LogP contribution in [0, 0.1) is 22.7 Å². The molecule has 0 spiro atoms. The van der Waals surface area contributed by atoms with Crippen LogP contribution in [0.25, 0.3) is 0 Å². The lowest BCUT2D eigenvalue weighted by Gasteiger charge is -1.52. The molecule has 42 valence electrons. The van der Waals surface area contributed by atoms with E-state index in [4.69, 9.17) is 10.5 Å². The second-order valence-electron chi connectivity index (χ2n) is 0.694. The highest BCUT2D eigenvalue weighted by molar-refractivity contribution is 9.18. The summed E-state index contributed by atoms with van der Waals surface area (Å²) in [6.07, 6.45) is 0. The maximum atomic E-state index is 9.36. The predicted molar refractivity (Wildman–Crippen MR) is 30.8 cm³/mol. The fourth-order valence-corrected chi connectivity index (χ4v) is 0. The van der Waals surface area contributed by atoms with Crippen molar-refractivity contribution in [1.29, 1.82) is 10.5 Å². The van der Waals surface area contributed by atoms with Crippen LogP contribution in [0.2, 0.25) is 0 Å². The lowest BCUT2D eigenvalue weighted by molar-refractivity contribution is -0.108. The zero-order valence-electron chi connectivity index (χ0n) is 4.18. The summed E-state index contributed by atoms with van der Waals surface area (Å²) in [5, 5.41) is 14.5. The minimum Gasteiger partial charge on any atom is -0.287 e. The van der Waals surface area contributed by atoms with E-state index in [9.17, 15) is 4.79 Å². The molecule has 0 aromatic rings. The second kappa shape index (κ2) is 9.46. The number of hydrogen-bond donors (Lipinski definition) is 0. The Hall–Kier alpha value is -0.870. The van der Waals surface area contributed by atoms with Crippen molar-refractivity contribution in [1.82, 2.24) is 0 Å². The van der Waals surface area contributed by atoms with Crippen molar-refractivity contribution in [3.63, 3.8) is 0 Å². The first-order chi connectivity index (χ1) is 3.65. The van der Waals surface area contributed by atoms with Crippen molar-refractivity contribution in [3.05, 3.63) is 0 Å². The number of nitrogens with zero attached hydrogens (tertiary/aromatic N) is 2. The molecule has 4 heteroatoms. The summed E-state index contributed by atoms with van der Waals surface area (Å²) in [7, 11) is 0. The molecule has 0 radical (unpaired) electrons. The standard InChI is InChI=1S/C2H3BrO.C2N2/c1-2(3)4;3-1-2-4/h1H3;. The highest BCUT2D eigenvalue weighted by Crippen LogP contribution is 1.74. The summed E-state index contributed by atoms with van der Waals surface area (Å²) in [6.45, 7) is 1.44. The highest BCUT2D eigenvalue weighted by Gasteiger charge is 1.66. The summed E-state index contributed by atoms with van der Waals surface area (Å²) in [5.41, 5.74) is 0. The molecule has 0 aliphatic rings. The third kappa shape index (κ3) is 5180. The van der Waals surface area contributed by atoms with Crippen molar-refractivity contribution in [2.24, 2.45) is 0 Å². The van der Waals surface area contributed by atoms with Crippen LogP contribution in [0.3, 0.4) is 0 Å². The lowest BCUT2D eigenvalue weighted by Crippen LogP contribution is -1.60. The van der Waals surface area contributed by atoms with Gasteiger partial charge in [-0.15, -0.1) is 0 Å².